The van der Waals surface area contributed by atoms with Crippen molar-refractivity contribution >= 4 is 16.9 Å². The van der Waals surface area contributed by atoms with Crippen LogP contribution >= 0.6 is 0 Å². The Morgan fingerprint density at radius 1 is 1.31 bits per heavy atom. The molecule has 0 amide bonds. The Balaban J connectivity index is 1.64. The number of aromatic nitrogens is 3. The van der Waals surface area contributed by atoms with Gasteiger partial charge in [0.2, 0.25) is 0 Å². The lowest BCUT2D eigenvalue weighted by Crippen LogP contribution is -2.44. The molecule has 3 aromatic rings. The first kappa shape index (κ1) is 22.4. The van der Waals surface area contributed by atoms with Crippen molar-refractivity contribution in [2.75, 3.05) is 19.6 Å². The zero-order valence-electron chi connectivity index (χ0n) is 18.1. The van der Waals surface area contributed by atoms with E-state index in [0.29, 0.717) is 13.0 Å². The summed E-state index contributed by atoms with van der Waals surface area (Å²) in [4.78, 5) is 15.8. The number of alkyl halides is 3. The van der Waals surface area contributed by atoms with Crippen LogP contribution in [0.25, 0.3) is 10.9 Å². The molecule has 1 aliphatic rings. The molecule has 1 aliphatic heterocycles. The Kier molecular flexibility index (Phi) is 6.03. The van der Waals surface area contributed by atoms with Crippen LogP contribution in [0.2, 0.25) is 0 Å². The van der Waals surface area contributed by atoms with Crippen LogP contribution in [0.5, 0.6) is 0 Å². The molecule has 2 atom stereocenters. The van der Waals surface area contributed by atoms with E-state index >= 15 is 0 Å². The average Bonchev–Trinajstić information content (AvgIpc) is 3.34. The maximum absolute atomic E-state index is 13.1. The lowest BCUT2D eigenvalue weighted by Gasteiger charge is -2.39. The Bertz CT molecular complexity index is 1120. The third-order valence-corrected chi connectivity index (χ3v) is 6.46. The Hall–Kier alpha value is -2.81. The molecule has 0 aliphatic carbocycles. The highest BCUT2D eigenvalue weighted by Crippen LogP contribution is 2.38. The number of piperidine rings is 1. The van der Waals surface area contributed by atoms with Gasteiger partial charge in [0.05, 0.1) is 12.7 Å². The van der Waals surface area contributed by atoms with Crippen molar-refractivity contribution in [1.29, 1.82) is 0 Å². The fourth-order valence-electron chi connectivity index (χ4n) is 5.06. The number of benzene rings is 1. The van der Waals surface area contributed by atoms with Crippen molar-refractivity contribution in [3.63, 3.8) is 0 Å². The maximum atomic E-state index is 13.1. The number of aromatic amines is 1. The van der Waals surface area contributed by atoms with Gasteiger partial charge in [0.25, 0.3) is 0 Å². The summed E-state index contributed by atoms with van der Waals surface area (Å²) in [6, 6.07) is 4.20. The van der Waals surface area contributed by atoms with Crippen LogP contribution in [0.4, 0.5) is 13.2 Å². The van der Waals surface area contributed by atoms with E-state index in [-0.39, 0.29) is 24.9 Å². The normalized spacial score (nSPS) is 20.2. The largest absolute Gasteiger partial charge is 0.480 e. The van der Waals surface area contributed by atoms with Crippen molar-refractivity contribution in [2.24, 2.45) is 5.92 Å². The van der Waals surface area contributed by atoms with Gasteiger partial charge < -0.3 is 10.1 Å². The number of aryl methyl sites for hydroxylation is 2. The number of carboxylic acid groups (broad SMARTS) is 1. The van der Waals surface area contributed by atoms with E-state index in [4.69, 9.17) is 5.11 Å². The van der Waals surface area contributed by atoms with E-state index in [1.807, 2.05) is 6.20 Å². The molecule has 172 valence electrons. The van der Waals surface area contributed by atoms with Crippen molar-refractivity contribution in [1.82, 2.24) is 19.7 Å². The van der Waals surface area contributed by atoms with Gasteiger partial charge in [-0.15, -0.1) is 0 Å². The van der Waals surface area contributed by atoms with Gasteiger partial charge in [-0.1, -0.05) is 6.07 Å². The Morgan fingerprint density at radius 2 is 2.09 bits per heavy atom. The van der Waals surface area contributed by atoms with E-state index < -0.39 is 18.7 Å². The van der Waals surface area contributed by atoms with Gasteiger partial charge in [0, 0.05) is 35.8 Å². The molecule has 0 saturated carbocycles. The molecule has 1 fully saturated rings. The van der Waals surface area contributed by atoms with Gasteiger partial charge in [-0.05, 0) is 67.5 Å². The third-order valence-electron chi connectivity index (χ3n) is 6.46. The third kappa shape index (κ3) is 4.82. The highest BCUT2D eigenvalue weighted by Gasteiger charge is 2.37. The second-order valence-corrected chi connectivity index (χ2v) is 8.83. The van der Waals surface area contributed by atoms with Crippen LogP contribution in [0.3, 0.4) is 0 Å². The molecule has 0 spiro atoms. The van der Waals surface area contributed by atoms with E-state index in [0.717, 1.165) is 28.5 Å². The predicted molar refractivity (Wildman–Crippen MR) is 115 cm³/mol. The van der Waals surface area contributed by atoms with Crippen LogP contribution in [0.15, 0.2) is 30.7 Å². The minimum absolute atomic E-state index is 0.126. The first-order chi connectivity index (χ1) is 15.1. The zero-order valence-corrected chi connectivity index (χ0v) is 18.1. The lowest BCUT2D eigenvalue weighted by molar-refractivity contribution is -0.149. The molecular weight excluding hydrogens is 421 g/mol. The quantitative estimate of drug-likeness (QED) is 0.591. The molecule has 32 heavy (non-hydrogen) atoms. The van der Waals surface area contributed by atoms with Gasteiger partial charge in [0.15, 0.2) is 0 Å². The Morgan fingerprint density at radius 3 is 2.81 bits per heavy atom. The summed E-state index contributed by atoms with van der Waals surface area (Å²) < 4.78 is 40.5. The number of nitrogens with one attached hydrogen (secondary N) is 1. The number of rotatable bonds is 6. The summed E-state index contributed by atoms with van der Waals surface area (Å²) in [5.41, 5.74) is 5.43. The number of likely N-dealkylation sites (tertiary alicyclic amines) is 1. The average molecular weight is 448 g/mol. The molecule has 2 aromatic heterocycles. The van der Waals surface area contributed by atoms with Crippen LogP contribution in [0, 0.1) is 19.8 Å². The van der Waals surface area contributed by atoms with Gasteiger partial charge >= 0.3 is 12.1 Å². The summed E-state index contributed by atoms with van der Waals surface area (Å²) in [5.74, 6) is -1.05. The summed E-state index contributed by atoms with van der Waals surface area (Å²) in [6.45, 7) is 3.57. The second-order valence-electron chi connectivity index (χ2n) is 8.83. The maximum Gasteiger partial charge on any atom is 0.401 e. The minimum atomic E-state index is -4.25. The molecule has 6 nitrogen and oxygen atoms in total. The van der Waals surface area contributed by atoms with Crippen molar-refractivity contribution in [3.8, 4) is 0 Å². The number of H-pyrrole nitrogens is 1. The van der Waals surface area contributed by atoms with Crippen LogP contribution in [-0.4, -0.2) is 56.6 Å². The molecule has 4 rings (SSSR count). The molecule has 3 heterocycles. The number of hydrogen-bond donors (Lipinski definition) is 2. The smallest absolute Gasteiger partial charge is 0.401 e. The van der Waals surface area contributed by atoms with Crippen molar-refractivity contribution < 1.29 is 23.1 Å². The molecule has 1 saturated heterocycles. The van der Waals surface area contributed by atoms with Gasteiger partial charge in [0.1, 0.15) is 6.54 Å². The highest BCUT2D eigenvalue weighted by atomic mass is 19.4. The van der Waals surface area contributed by atoms with Crippen molar-refractivity contribution in [2.45, 2.75) is 45.3 Å². The fourth-order valence-corrected chi connectivity index (χ4v) is 5.06. The topological polar surface area (TPSA) is 74.2 Å². The number of carboxylic acids is 1. The summed E-state index contributed by atoms with van der Waals surface area (Å²) in [6.07, 6.45) is 2.30. The van der Waals surface area contributed by atoms with Crippen LogP contribution < -0.4 is 0 Å². The molecule has 0 bridgehead atoms. The lowest BCUT2D eigenvalue weighted by atomic mass is 9.77. The first-order valence-electron chi connectivity index (χ1n) is 10.7. The van der Waals surface area contributed by atoms with E-state index in [1.165, 1.54) is 20.7 Å². The molecule has 2 N–H and O–H groups in total. The number of carbonyl (C=O) groups is 1. The minimum Gasteiger partial charge on any atom is -0.480 e. The molecule has 9 heteroatoms. The number of halogens is 3. The summed E-state index contributed by atoms with van der Waals surface area (Å²) >= 11 is 0. The van der Waals surface area contributed by atoms with Crippen molar-refractivity contribution in [3.05, 3.63) is 53.0 Å². The van der Waals surface area contributed by atoms with Gasteiger partial charge in [-0.2, -0.15) is 18.3 Å². The fraction of sp³-hybridized carbons (Fsp3) is 0.478. The first-order valence-corrected chi connectivity index (χ1v) is 10.7. The second kappa shape index (κ2) is 8.61. The molecule has 2 unspecified atom stereocenters. The monoisotopic (exact) mass is 448 g/mol. The zero-order chi connectivity index (χ0) is 23.0. The molecule has 0 radical (unpaired) electrons. The van der Waals surface area contributed by atoms with Gasteiger partial charge in [-0.25, -0.2) is 0 Å². The molecule has 1 aromatic carbocycles. The van der Waals surface area contributed by atoms with E-state index in [9.17, 15) is 18.0 Å². The van der Waals surface area contributed by atoms with Gasteiger partial charge in [-0.3, -0.25) is 14.4 Å². The molecular formula is C23H27F3N4O2. The number of hydrogen-bond acceptors (Lipinski definition) is 3. The predicted octanol–water partition coefficient (Wildman–Crippen LogP) is 4.28. The Labute approximate surface area is 184 Å². The van der Waals surface area contributed by atoms with Crippen LogP contribution in [-0.2, 0) is 17.8 Å². The number of nitrogens with zero attached hydrogens (tertiary/aromatic N) is 3. The number of fused-ring (bicyclic) bond motifs is 1. The van der Waals surface area contributed by atoms with E-state index in [2.05, 4.69) is 36.1 Å². The standard InChI is InChI=1S/C23H27F3N4O2/c1-14-7-15(2)22-18(3-5-27-22)19(14)8-16-4-6-29(13-23(24,25)26)11-20(16)17-9-28-30(10-17)12-21(31)32/h3,5,7,9-10,16,20,27H,4,6,8,11-13H2,1-2H3,(H,31,32). The van der Waals surface area contributed by atoms with Crippen LogP contribution in [0.1, 0.15) is 34.6 Å². The number of aliphatic carboxylic acids is 1. The highest BCUT2D eigenvalue weighted by molar-refractivity contribution is 5.87. The SMILES string of the molecule is Cc1cc(C)c2[nH]ccc2c1CC1CCN(CC(F)(F)F)CC1c1cnn(CC(=O)O)c1. The van der Waals surface area contributed by atoms with E-state index in [1.54, 1.807) is 12.4 Å². The summed E-state index contributed by atoms with van der Waals surface area (Å²) in [5, 5.41) is 14.3. The summed E-state index contributed by atoms with van der Waals surface area (Å²) in [7, 11) is 0.